The van der Waals surface area contributed by atoms with Gasteiger partial charge < -0.3 is 19.6 Å². The van der Waals surface area contributed by atoms with Crippen LogP contribution >= 0.6 is 0 Å². The molecular formula is C18H18F3NO5. The first-order valence-corrected chi connectivity index (χ1v) is 8.07. The maximum Gasteiger partial charge on any atom is 0.416 e. The van der Waals surface area contributed by atoms with Gasteiger partial charge in [0.2, 0.25) is 0 Å². The van der Waals surface area contributed by atoms with Crippen molar-refractivity contribution in [2.45, 2.75) is 32.9 Å². The van der Waals surface area contributed by atoms with Crippen molar-refractivity contribution < 1.29 is 37.0 Å². The number of furan rings is 1. The van der Waals surface area contributed by atoms with Crippen LogP contribution in [-0.2, 0) is 17.4 Å². The molecule has 2 aromatic rings. The minimum Gasteiger partial charge on any atom is -0.491 e. The summed E-state index contributed by atoms with van der Waals surface area (Å²) < 4.78 is 49.5. The smallest absolute Gasteiger partial charge is 0.416 e. The van der Waals surface area contributed by atoms with E-state index in [0.717, 1.165) is 18.2 Å². The van der Waals surface area contributed by atoms with Crippen LogP contribution in [0, 0.1) is 6.92 Å². The number of ether oxygens (including phenoxy) is 1. The molecule has 2 rings (SSSR count). The maximum atomic E-state index is 13.0. The second-order valence-corrected chi connectivity index (χ2v) is 5.80. The highest BCUT2D eigenvalue weighted by molar-refractivity contribution is 6.07. The average Bonchev–Trinajstić information content (AvgIpc) is 2.92. The lowest BCUT2D eigenvalue weighted by atomic mass is 10.1. The molecule has 0 atom stereocenters. The Morgan fingerprint density at radius 1 is 1.30 bits per heavy atom. The first kappa shape index (κ1) is 20.3. The Balaban J connectivity index is 2.38. The molecule has 0 radical (unpaired) electrons. The van der Waals surface area contributed by atoms with E-state index in [0.29, 0.717) is 12.0 Å². The van der Waals surface area contributed by atoms with Crippen LogP contribution in [-0.4, -0.2) is 23.6 Å². The lowest BCUT2D eigenvalue weighted by Crippen LogP contribution is -2.17. The number of carbonyl (C=O) groups is 2. The molecule has 0 unspecified atom stereocenters. The molecule has 146 valence electrons. The standard InChI is InChI=1S/C18H18F3NO5/c1-3-6-26-13-5-4-11(18(19,20)21)7-12(13)22-17(25)16-10(2)9-27-14(16)8-15(23)24/h4-5,7,9H,3,6,8H2,1-2H3,(H,22,25)(H,23,24). The van der Waals surface area contributed by atoms with Gasteiger partial charge in [-0.25, -0.2) is 0 Å². The molecule has 0 aliphatic carbocycles. The third kappa shape index (κ3) is 5.02. The van der Waals surface area contributed by atoms with Crippen LogP contribution in [0.1, 0.15) is 40.6 Å². The van der Waals surface area contributed by atoms with E-state index in [1.165, 1.54) is 13.2 Å². The third-order valence-electron chi connectivity index (χ3n) is 3.61. The fourth-order valence-corrected chi connectivity index (χ4v) is 2.40. The molecule has 1 heterocycles. The van der Waals surface area contributed by atoms with Gasteiger partial charge in [-0.1, -0.05) is 6.92 Å². The Bertz CT molecular complexity index is 842. The van der Waals surface area contributed by atoms with Crippen molar-refractivity contribution in [3.63, 3.8) is 0 Å². The van der Waals surface area contributed by atoms with Crippen molar-refractivity contribution in [2.75, 3.05) is 11.9 Å². The van der Waals surface area contributed by atoms with Gasteiger partial charge in [-0.2, -0.15) is 13.2 Å². The number of carbonyl (C=O) groups excluding carboxylic acids is 1. The molecule has 2 N–H and O–H groups in total. The third-order valence-corrected chi connectivity index (χ3v) is 3.61. The van der Waals surface area contributed by atoms with Gasteiger partial charge in [-0.05, 0) is 31.5 Å². The molecule has 0 bridgehead atoms. The number of hydrogen-bond acceptors (Lipinski definition) is 4. The van der Waals surface area contributed by atoms with Crippen molar-refractivity contribution in [2.24, 2.45) is 0 Å². The normalized spacial score (nSPS) is 11.3. The average molecular weight is 385 g/mol. The van der Waals surface area contributed by atoms with Crippen molar-refractivity contribution in [3.05, 3.63) is 46.9 Å². The van der Waals surface area contributed by atoms with Gasteiger partial charge in [0, 0.05) is 5.56 Å². The monoisotopic (exact) mass is 385 g/mol. The number of nitrogens with one attached hydrogen (secondary N) is 1. The van der Waals surface area contributed by atoms with E-state index in [4.69, 9.17) is 14.3 Å². The van der Waals surface area contributed by atoms with E-state index in [2.05, 4.69) is 5.32 Å². The van der Waals surface area contributed by atoms with E-state index >= 15 is 0 Å². The van der Waals surface area contributed by atoms with E-state index in [1.807, 2.05) is 6.92 Å². The fraction of sp³-hybridized carbons (Fsp3) is 0.333. The molecule has 9 heteroatoms. The highest BCUT2D eigenvalue weighted by Crippen LogP contribution is 2.35. The number of rotatable bonds is 7. The van der Waals surface area contributed by atoms with Crippen LogP contribution < -0.4 is 10.1 Å². The molecule has 1 amide bonds. The first-order chi connectivity index (χ1) is 12.6. The summed E-state index contributed by atoms with van der Waals surface area (Å²) in [6.45, 7) is 3.61. The molecule has 27 heavy (non-hydrogen) atoms. The van der Waals surface area contributed by atoms with Crippen molar-refractivity contribution in [3.8, 4) is 5.75 Å². The summed E-state index contributed by atoms with van der Waals surface area (Å²) in [6, 6.07) is 2.77. The predicted molar refractivity (Wildman–Crippen MR) is 90.0 cm³/mol. The molecule has 0 fully saturated rings. The Hall–Kier alpha value is -2.97. The van der Waals surface area contributed by atoms with Crippen LogP contribution in [0.3, 0.4) is 0 Å². The van der Waals surface area contributed by atoms with Crippen LogP contribution in [0.4, 0.5) is 18.9 Å². The minimum atomic E-state index is -4.59. The molecule has 0 saturated heterocycles. The summed E-state index contributed by atoms with van der Waals surface area (Å²) in [6.07, 6.45) is -3.28. The number of benzene rings is 1. The molecule has 6 nitrogen and oxygen atoms in total. The van der Waals surface area contributed by atoms with Gasteiger partial charge in [0.1, 0.15) is 17.9 Å². The van der Waals surface area contributed by atoms with E-state index in [9.17, 15) is 22.8 Å². The molecule has 0 aliphatic rings. The number of aliphatic carboxylic acids is 1. The van der Waals surface area contributed by atoms with Gasteiger partial charge in [-0.15, -0.1) is 0 Å². The summed E-state index contributed by atoms with van der Waals surface area (Å²) in [7, 11) is 0. The molecule has 0 saturated carbocycles. The molecule has 1 aromatic carbocycles. The van der Waals surface area contributed by atoms with Crippen molar-refractivity contribution in [1.29, 1.82) is 0 Å². The van der Waals surface area contributed by atoms with Gasteiger partial charge in [0.15, 0.2) is 0 Å². The van der Waals surface area contributed by atoms with Crippen molar-refractivity contribution in [1.82, 2.24) is 0 Å². The molecule has 0 aliphatic heterocycles. The second kappa shape index (κ2) is 8.15. The SMILES string of the molecule is CCCOc1ccc(C(F)(F)F)cc1NC(=O)c1c(C)coc1CC(=O)O. The number of alkyl halides is 3. The van der Waals surface area contributed by atoms with Gasteiger partial charge in [0.25, 0.3) is 5.91 Å². The number of aryl methyl sites for hydroxylation is 1. The number of halogens is 3. The van der Waals surface area contributed by atoms with Gasteiger partial charge in [-0.3, -0.25) is 9.59 Å². The predicted octanol–water partition coefficient (Wildman–Crippen LogP) is 4.28. The largest absolute Gasteiger partial charge is 0.491 e. The topological polar surface area (TPSA) is 88.8 Å². The number of carboxylic acids is 1. The Labute approximate surface area is 152 Å². The summed E-state index contributed by atoms with van der Waals surface area (Å²) in [5.41, 5.74) is -0.774. The first-order valence-electron chi connectivity index (χ1n) is 8.07. The summed E-state index contributed by atoms with van der Waals surface area (Å²) in [5.74, 6) is -1.98. The molecule has 1 aromatic heterocycles. The van der Waals surface area contributed by atoms with E-state index in [1.54, 1.807) is 0 Å². The maximum absolute atomic E-state index is 13.0. The van der Waals surface area contributed by atoms with Gasteiger partial charge >= 0.3 is 12.1 Å². The minimum absolute atomic E-state index is 0.0312. The van der Waals surface area contributed by atoms with Crippen LogP contribution in [0.5, 0.6) is 5.75 Å². The number of amides is 1. The fourth-order valence-electron chi connectivity index (χ4n) is 2.40. The summed E-state index contributed by atoms with van der Waals surface area (Å²) in [5, 5.41) is 11.3. The quantitative estimate of drug-likeness (QED) is 0.743. The van der Waals surface area contributed by atoms with Crippen LogP contribution in [0.2, 0.25) is 0 Å². The van der Waals surface area contributed by atoms with Crippen LogP contribution in [0.25, 0.3) is 0 Å². The zero-order chi connectivity index (χ0) is 20.2. The Morgan fingerprint density at radius 2 is 2.00 bits per heavy atom. The lowest BCUT2D eigenvalue weighted by molar-refractivity contribution is -0.138. The second-order valence-electron chi connectivity index (χ2n) is 5.80. The molecule has 0 spiro atoms. The van der Waals surface area contributed by atoms with E-state index in [-0.39, 0.29) is 29.4 Å². The number of anilines is 1. The highest BCUT2D eigenvalue weighted by Gasteiger charge is 2.32. The summed E-state index contributed by atoms with van der Waals surface area (Å²) in [4.78, 5) is 23.5. The van der Waals surface area contributed by atoms with Gasteiger partial charge in [0.05, 0.1) is 29.7 Å². The number of carboxylic acid groups (broad SMARTS) is 1. The molecular weight excluding hydrogens is 367 g/mol. The Kier molecular flexibility index (Phi) is 6.14. The zero-order valence-corrected chi connectivity index (χ0v) is 14.6. The zero-order valence-electron chi connectivity index (χ0n) is 14.6. The highest BCUT2D eigenvalue weighted by atomic mass is 19.4. The lowest BCUT2D eigenvalue weighted by Gasteiger charge is -2.15. The summed E-state index contributed by atoms with van der Waals surface area (Å²) >= 11 is 0. The van der Waals surface area contributed by atoms with E-state index < -0.39 is 30.0 Å². The number of hydrogen-bond donors (Lipinski definition) is 2. The van der Waals surface area contributed by atoms with Crippen molar-refractivity contribution >= 4 is 17.6 Å². The van der Waals surface area contributed by atoms with Crippen LogP contribution in [0.15, 0.2) is 28.9 Å². The Morgan fingerprint density at radius 3 is 2.59 bits per heavy atom.